The summed E-state index contributed by atoms with van der Waals surface area (Å²) in [6.07, 6.45) is 2.54. The number of carbonyl (C=O) groups is 7. The number of hydrogen-bond acceptors (Lipinski definition) is 20. The summed E-state index contributed by atoms with van der Waals surface area (Å²) in [5.74, 6) is -6.95. The van der Waals surface area contributed by atoms with Crippen LogP contribution in [0.5, 0.6) is 0 Å². The molecule has 0 spiro atoms. The number of alkyl halides is 7. The lowest BCUT2D eigenvalue weighted by Crippen LogP contribution is -2.50. The topological polar surface area (TPSA) is 417 Å². The molecule has 2 fully saturated rings. The van der Waals surface area contributed by atoms with E-state index in [0.29, 0.717) is 27.9 Å². The lowest BCUT2D eigenvalue weighted by molar-refractivity contribution is -0.137. The highest BCUT2D eigenvalue weighted by Crippen LogP contribution is 2.40. The van der Waals surface area contributed by atoms with Gasteiger partial charge >= 0.3 is 33.9 Å². The summed E-state index contributed by atoms with van der Waals surface area (Å²) in [5.41, 5.74) is 16.5. The molecule has 676 valence electrons. The molecule has 11 N–H and O–H groups in total. The van der Waals surface area contributed by atoms with Gasteiger partial charge in [0.2, 0.25) is 28.0 Å². The second kappa shape index (κ2) is 48.8. The number of rotatable bonds is 25. The van der Waals surface area contributed by atoms with Crippen LogP contribution in [0, 0.1) is 3.70 Å². The Hall–Kier alpha value is -8.80. The van der Waals surface area contributed by atoms with E-state index in [1.165, 1.54) is 12.1 Å². The van der Waals surface area contributed by atoms with Gasteiger partial charge in [-0.1, -0.05) is 120 Å². The van der Waals surface area contributed by atoms with E-state index in [1.54, 1.807) is 132 Å². The maximum atomic E-state index is 13.2. The molecule has 2 aliphatic heterocycles. The Labute approximate surface area is 759 Å². The van der Waals surface area contributed by atoms with Crippen LogP contribution in [0.4, 0.5) is 30.7 Å². The molecule has 2 saturated heterocycles. The van der Waals surface area contributed by atoms with Crippen LogP contribution < -0.4 is 44.1 Å². The zero-order chi connectivity index (χ0) is 91.9. The third-order valence-electron chi connectivity index (χ3n) is 18.3. The van der Waals surface area contributed by atoms with Crippen LogP contribution in [0.1, 0.15) is 148 Å². The summed E-state index contributed by atoms with van der Waals surface area (Å²) in [6, 6.07) is 28.5. The number of Topliss-reactive ketones (excluding diaryl/α,β-unsaturated/α-hetero) is 1. The first kappa shape index (κ1) is 106. The highest BCUT2D eigenvalue weighted by atomic mass is 127. The standard InChI is InChI=1S/C19H16Cl2F2N4O4.C19H14Cl2F2N4O4.C15H15F2IN4O3.C10H13BCl2O3.C10H15BO3.CH3F.CH5P.3CH4/c2*20-13-7-10(16(21)31-13)14-11(8-27(26-14)19(22)23)18(30)25-12(15(28)17(24)29)6-9-4-2-1-3-5-9;16-15(17)22-7-9(12(18)21-22)14(25)20-10(11(23)13(19)24)6-8-4-2-1-3-5-8;1-9(2)10(3,4)16-11(15-9)6-5-7(12)14-8(6)13;1-9(2)10(3,4)14-11(13-9)8-5-6-12-7-8;2*1-2;;;/h1-5,7-8,12,15,19,28H,6H2,(H2,24,29)(H,25,30);1-5,7-8,12,19H,6H2,(H2,24,29)(H,25,30);1-5,7,10-11,15,23H,6H2,(H2,19,24)(H,20,25);5H,1-4H3;5-7H,1-4H3;1H3;2H2,1H3;3*1H4/i;;;;;2*1D;;;. The van der Waals surface area contributed by atoms with Crippen molar-refractivity contribution in [3.8, 4) is 22.5 Å². The van der Waals surface area contributed by atoms with Gasteiger partial charge in [0.25, 0.3) is 23.6 Å². The predicted molar refractivity (Wildman–Crippen MR) is 469 cm³/mol. The molecule has 6 amide bonds. The number of nitrogens with zero attached hydrogens (tertiary/aromatic N) is 6. The largest absolute Gasteiger partial charge is 0.499 e. The second-order valence-electron chi connectivity index (χ2n) is 27.6. The zero-order valence-corrected chi connectivity index (χ0v) is 72.8. The lowest BCUT2D eigenvalue weighted by atomic mass is 9.81. The molecule has 12 rings (SSSR count). The fraction of sp³-hybridized carbons (Fsp3) is 0.359. The Kier molecular flexibility index (Phi) is 41.6. The lowest BCUT2D eigenvalue weighted by Gasteiger charge is -2.32. The van der Waals surface area contributed by atoms with Crippen molar-refractivity contribution in [2.75, 3.05) is 13.8 Å². The maximum Gasteiger partial charge on any atom is 0.499 e. The molecule has 10 aromatic rings. The van der Waals surface area contributed by atoms with Gasteiger partial charge in [-0.3, -0.25) is 38.0 Å². The van der Waals surface area contributed by atoms with E-state index in [9.17, 15) is 74.5 Å². The first-order chi connectivity index (χ1) is 57.6. The molecule has 29 nitrogen and oxygen atoms in total. The van der Waals surface area contributed by atoms with Crippen LogP contribution in [0.15, 0.2) is 164 Å². The third-order valence-corrected chi connectivity index (χ3v) is 20.5. The Balaban J connectivity index is 0.000000407. The summed E-state index contributed by atoms with van der Waals surface area (Å²) in [5, 5.41) is 38.0. The fourth-order valence-corrected chi connectivity index (χ4v) is 12.8. The van der Waals surface area contributed by atoms with Crippen molar-refractivity contribution in [1.29, 1.82) is 0 Å². The van der Waals surface area contributed by atoms with Crippen LogP contribution in [0.3, 0.4) is 0 Å². The minimum Gasteiger partial charge on any atom is -0.473 e. The van der Waals surface area contributed by atoms with Crippen LogP contribution >= 0.6 is 101 Å². The average Bonchev–Trinajstić information content (AvgIpc) is 1.64. The van der Waals surface area contributed by atoms with Crippen LogP contribution in [0.25, 0.3) is 22.5 Å². The maximum absolute atomic E-state index is 13.2. The number of benzene rings is 3. The predicted octanol–water partition coefficient (Wildman–Crippen LogP) is 14.8. The highest BCUT2D eigenvalue weighted by molar-refractivity contribution is 14.1. The Morgan fingerprint density at radius 1 is 0.524 bits per heavy atom. The molecule has 0 aliphatic carbocycles. The number of primary amides is 3. The smallest absolute Gasteiger partial charge is 0.473 e. The van der Waals surface area contributed by atoms with Crippen LogP contribution in [-0.4, -0.2) is 162 Å². The van der Waals surface area contributed by atoms with E-state index in [-0.39, 0.29) is 143 Å². The first-order valence-electron chi connectivity index (χ1n) is 36.6. The summed E-state index contributed by atoms with van der Waals surface area (Å²) in [6.45, 7) is 7.47. The van der Waals surface area contributed by atoms with Crippen LogP contribution in [-0.2, 0) is 57.1 Å². The molecule has 46 heteroatoms. The Bertz CT molecular complexity index is 5140. The summed E-state index contributed by atoms with van der Waals surface area (Å²) in [7, 11) is 0.405. The van der Waals surface area contributed by atoms with E-state index in [1.807, 2.05) is 61.5 Å². The van der Waals surface area contributed by atoms with Gasteiger partial charge in [-0.15, -0.1) is 9.24 Å². The Morgan fingerprint density at radius 3 is 1.17 bits per heavy atom. The van der Waals surface area contributed by atoms with Gasteiger partial charge < -0.3 is 79.7 Å². The van der Waals surface area contributed by atoms with Crippen molar-refractivity contribution in [2.24, 2.45) is 17.2 Å². The van der Waals surface area contributed by atoms with Gasteiger partial charge in [0.1, 0.15) is 21.1 Å². The molecule has 6 atom stereocenters. The molecule has 7 aromatic heterocycles. The minimum atomic E-state index is -3.06. The molecule has 124 heavy (non-hydrogen) atoms. The van der Waals surface area contributed by atoms with Gasteiger partial charge in [-0.2, -0.15) is 41.6 Å². The number of nitrogens with two attached hydrogens (primary N) is 3. The van der Waals surface area contributed by atoms with Crippen molar-refractivity contribution in [1.82, 2.24) is 45.3 Å². The number of aliphatic hydroxyl groups is 2. The number of amides is 6. The number of hydrogen-bond donors (Lipinski definition) is 8. The van der Waals surface area contributed by atoms with E-state index in [2.05, 4.69) is 40.5 Å². The Morgan fingerprint density at radius 2 is 0.855 bits per heavy atom. The zero-order valence-electron chi connectivity index (χ0n) is 67.0. The average molecular weight is 2000 g/mol. The molecular weight excluding hydrogens is 1900 g/mol. The first-order valence-corrected chi connectivity index (χ1v) is 39.3. The van der Waals surface area contributed by atoms with Gasteiger partial charge in [0, 0.05) is 49.4 Å². The normalized spacial score (nSPS) is 15.0. The van der Waals surface area contributed by atoms with Gasteiger partial charge in [-0.05, 0) is 189 Å². The molecule has 2 aliphatic rings. The highest BCUT2D eigenvalue weighted by Gasteiger charge is 2.54. The van der Waals surface area contributed by atoms with Crippen molar-refractivity contribution >= 4 is 168 Å². The SMILES string of the molecule is C.C.C.CC1(C)OB(c2cc(Cl)oc2Cl)OC1(C)C.CC1(C)OB(c2ccoc2)OC1(C)C.NC(=O)C(=O)C(Cc1ccccc1)NC(=O)c1cn(C(F)F)nc1-c1cc(Cl)oc1Cl.NC(=O)C(O)C(Cc1ccccc1)NC(=O)c1cn(C(F)F)nc1-c1cc(Cl)oc1Cl.NC(=O)C(O)C(Cc1ccccc1)NC(=O)c1cn(C(F)F)nc1I.[2H]CF.[2H]CP. The molecule has 0 radical (unpaired) electrons. The molecule has 0 saturated carbocycles. The van der Waals surface area contributed by atoms with E-state index in [4.69, 9.17) is 126 Å². The van der Waals surface area contributed by atoms with Crippen molar-refractivity contribution < 1.29 is 114 Å². The van der Waals surface area contributed by atoms with Gasteiger partial charge in [0.05, 0.1) is 83.4 Å². The number of aliphatic hydroxyl groups excluding tert-OH is 2. The van der Waals surface area contributed by atoms with Crippen molar-refractivity contribution in [2.45, 2.75) is 169 Å². The molecule has 6 unspecified atom stereocenters. The monoisotopic (exact) mass is 1990 g/mol. The fourth-order valence-electron chi connectivity index (χ4n) is 10.8. The molecule has 3 aromatic carbocycles. The summed E-state index contributed by atoms with van der Waals surface area (Å²) < 4.78 is 144. The number of halogens is 14. The minimum absolute atomic E-state index is 0. The van der Waals surface area contributed by atoms with E-state index >= 15 is 0 Å². The van der Waals surface area contributed by atoms with Crippen LogP contribution in [0.2, 0.25) is 31.3 Å². The summed E-state index contributed by atoms with van der Waals surface area (Å²) >= 11 is 36.6. The molecular formula is C78H93B2Cl6F7IN12O17P. The van der Waals surface area contributed by atoms with Gasteiger partial charge in [0.15, 0.2) is 33.1 Å². The second-order valence-corrected chi connectivity index (χ2v) is 30.7. The number of aromatic nitrogens is 6. The van der Waals surface area contributed by atoms with Crippen molar-refractivity contribution in [3.05, 3.63) is 215 Å². The quantitative estimate of drug-likeness (QED) is 0.00866. The molecule has 0 bridgehead atoms. The summed E-state index contributed by atoms with van der Waals surface area (Å²) in [4.78, 5) is 84.7. The van der Waals surface area contributed by atoms with Gasteiger partial charge in [-0.25, -0.2) is 14.0 Å². The number of carbonyl (C=O) groups excluding carboxylic acids is 7. The number of nitrogens with one attached hydrogen (secondary N) is 3. The van der Waals surface area contributed by atoms with E-state index < -0.39 is 117 Å². The number of ketones is 1. The molecule has 9 heterocycles. The number of furan rings is 4. The van der Waals surface area contributed by atoms with Crippen molar-refractivity contribution in [3.63, 3.8) is 0 Å². The third kappa shape index (κ3) is 29.4. The van der Waals surface area contributed by atoms with E-state index in [0.717, 1.165) is 29.6 Å².